The molecule has 0 bridgehead atoms. The number of aliphatic hydroxyl groups excluding tert-OH is 1. The first-order valence-corrected chi connectivity index (χ1v) is 12.1. The molecule has 0 saturated carbocycles. The SMILES string of the molecule is C[C@@H](O)[C@H]1C(=O)N2C(C(=O)O)=C(S[C@@H]3CN[C@H](/C=C/CN4CCN(C)CC4)C3)[C@H](C)[C@H]12. The molecule has 4 aliphatic rings. The number of fused-ring (bicyclic) bond motifs is 1. The van der Waals surface area contributed by atoms with Crippen molar-refractivity contribution in [3.8, 4) is 0 Å². The fourth-order valence-corrected chi connectivity index (χ4v) is 6.73. The lowest BCUT2D eigenvalue weighted by atomic mass is 9.79. The molecule has 0 unspecified atom stereocenters. The number of thioether (sulfide) groups is 1. The van der Waals surface area contributed by atoms with Crippen LogP contribution in [-0.4, -0.2) is 107 Å². The summed E-state index contributed by atoms with van der Waals surface area (Å²) >= 11 is 1.60. The number of likely N-dealkylation sites (N-methyl/N-ethyl adjacent to an activating group) is 1. The molecule has 4 rings (SSSR count). The topological polar surface area (TPSA) is 96.3 Å². The maximum absolute atomic E-state index is 12.5. The van der Waals surface area contributed by atoms with Gasteiger partial charge in [-0.2, -0.15) is 0 Å². The van der Waals surface area contributed by atoms with Crippen molar-refractivity contribution < 1.29 is 19.8 Å². The summed E-state index contributed by atoms with van der Waals surface area (Å²) in [6, 6.07) is 0.0502. The fourth-order valence-electron chi connectivity index (χ4n) is 5.23. The van der Waals surface area contributed by atoms with Crippen LogP contribution in [0.4, 0.5) is 0 Å². The molecule has 4 aliphatic heterocycles. The Balaban J connectivity index is 1.34. The maximum Gasteiger partial charge on any atom is 0.353 e. The molecule has 3 fully saturated rings. The van der Waals surface area contributed by atoms with Gasteiger partial charge in [0.05, 0.1) is 18.1 Å². The molecule has 0 aromatic heterocycles. The summed E-state index contributed by atoms with van der Waals surface area (Å²) in [6.45, 7) is 9.81. The van der Waals surface area contributed by atoms with Crippen LogP contribution < -0.4 is 5.32 Å². The summed E-state index contributed by atoms with van der Waals surface area (Å²) in [7, 11) is 2.16. The number of rotatable bonds is 7. The Morgan fingerprint density at radius 3 is 2.68 bits per heavy atom. The summed E-state index contributed by atoms with van der Waals surface area (Å²) in [5.74, 6) is -1.90. The molecule has 9 heteroatoms. The first-order valence-electron chi connectivity index (χ1n) is 11.2. The van der Waals surface area contributed by atoms with Gasteiger partial charge < -0.3 is 25.3 Å². The van der Waals surface area contributed by atoms with E-state index in [1.807, 2.05) is 6.92 Å². The lowest BCUT2D eigenvalue weighted by Gasteiger charge is -2.46. The van der Waals surface area contributed by atoms with E-state index in [0.29, 0.717) is 6.04 Å². The lowest BCUT2D eigenvalue weighted by Crippen LogP contribution is -2.63. The molecular formula is C22H34N4O4S. The number of carboxylic acid groups (broad SMARTS) is 1. The minimum Gasteiger partial charge on any atom is -0.477 e. The molecule has 0 aliphatic carbocycles. The van der Waals surface area contributed by atoms with Crippen molar-refractivity contribution in [3.63, 3.8) is 0 Å². The molecule has 0 aromatic rings. The van der Waals surface area contributed by atoms with E-state index in [4.69, 9.17) is 0 Å². The molecule has 172 valence electrons. The van der Waals surface area contributed by atoms with Crippen LogP contribution in [0.15, 0.2) is 22.8 Å². The monoisotopic (exact) mass is 450 g/mol. The molecule has 0 spiro atoms. The van der Waals surface area contributed by atoms with E-state index in [1.54, 1.807) is 18.7 Å². The van der Waals surface area contributed by atoms with Gasteiger partial charge in [-0.1, -0.05) is 19.1 Å². The van der Waals surface area contributed by atoms with Crippen molar-refractivity contribution in [2.45, 2.75) is 43.7 Å². The molecule has 1 amide bonds. The number of amides is 1. The number of carboxylic acids is 1. The smallest absolute Gasteiger partial charge is 0.353 e. The van der Waals surface area contributed by atoms with Gasteiger partial charge in [0.25, 0.3) is 0 Å². The Morgan fingerprint density at radius 1 is 1.32 bits per heavy atom. The third kappa shape index (κ3) is 4.43. The van der Waals surface area contributed by atoms with E-state index >= 15 is 0 Å². The van der Waals surface area contributed by atoms with Gasteiger partial charge in [0.15, 0.2) is 0 Å². The summed E-state index contributed by atoms with van der Waals surface area (Å²) < 4.78 is 0. The first-order chi connectivity index (χ1) is 14.8. The molecule has 0 radical (unpaired) electrons. The fraction of sp³-hybridized carbons (Fsp3) is 0.727. The number of carbonyl (C=O) groups is 2. The van der Waals surface area contributed by atoms with Gasteiger partial charge in [-0.3, -0.25) is 9.69 Å². The third-order valence-electron chi connectivity index (χ3n) is 7.06. The molecule has 0 aromatic carbocycles. The number of carbonyl (C=O) groups excluding carboxylic acids is 1. The van der Waals surface area contributed by atoms with Crippen LogP contribution >= 0.6 is 11.8 Å². The van der Waals surface area contributed by atoms with Gasteiger partial charge >= 0.3 is 5.97 Å². The van der Waals surface area contributed by atoms with Gasteiger partial charge in [0, 0.05) is 61.4 Å². The average molecular weight is 451 g/mol. The van der Waals surface area contributed by atoms with Crippen molar-refractivity contribution in [2.75, 3.05) is 46.3 Å². The van der Waals surface area contributed by atoms with E-state index < -0.39 is 18.0 Å². The second kappa shape index (κ2) is 9.23. The van der Waals surface area contributed by atoms with E-state index in [2.05, 4.69) is 34.3 Å². The first kappa shape index (κ1) is 22.8. The highest BCUT2D eigenvalue weighted by Gasteiger charge is 2.60. The Morgan fingerprint density at radius 2 is 2.03 bits per heavy atom. The summed E-state index contributed by atoms with van der Waals surface area (Å²) in [5.41, 5.74) is 0.124. The van der Waals surface area contributed by atoms with Crippen LogP contribution in [-0.2, 0) is 9.59 Å². The van der Waals surface area contributed by atoms with Gasteiger partial charge in [0.1, 0.15) is 5.70 Å². The predicted octanol–water partition coefficient (Wildman–Crippen LogP) is 0.407. The van der Waals surface area contributed by atoms with Crippen LogP contribution in [0.25, 0.3) is 0 Å². The highest BCUT2D eigenvalue weighted by atomic mass is 32.2. The van der Waals surface area contributed by atoms with Crippen LogP contribution in [0.1, 0.15) is 20.3 Å². The number of nitrogens with one attached hydrogen (secondary N) is 1. The van der Waals surface area contributed by atoms with E-state index in [0.717, 1.165) is 50.6 Å². The molecule has 3 N–H and O–H groups in total. The highest BCUT2D eigenvalue weighted by molar-refractivity contribution is 8.03. The second-order valence-corrected chi connectivity index (χ2v) is 10.6. The number of piperazine rings is 1. The van der Waals surface area contributed by atoms with Crippen molar-refractivity contribution in [2.24, 2.45) is 11.8 Å². The molecule has 8 nitrogen and oxygen atoms in total. The quantitative estimate of drug-likeness (QED) is 0.379. The van der Waals surface area contributed by atoms with Crippen molar-refractivity contribution in [1.29, 1.82) is 0 Å². The Bertz CT molecular complexity index is 777. The summed E-state index contributed by atoms with van der Waals surface area (Å²) in [4.78, 5) is 31.4. The van der Waals surface area contributed by atoms with Crippen molar-refractivity contribution in [3.05, 3.63) is 22.8 Å². The molecule has 31 heavy (non-hydrogen) atoms. The van der Waals surface area contributed by atoms with Crippen molar-refractivity contribution in [1.82, 2.24) is 20.0 Å². The highest BCUT2D eigenvalue weighted by Crippen LogP contribution is 2.51. The summed E-state index contributed by atoms with van der Waals surface area (Å²) in [5, 5.41) is 23.6. The molecule has 6 atom stereocenters. The summed E-state index contributed by atoms with van der Waals surface area (Å²) in [6.07, 6.45) is 4.65. The molecule has 3 saturated heterocycles. The zero-order valence-corrected chi connectivity index (χ0v) is 19.3. The predicted molar refractivity (Wildman–Crippen MR) is 120 cm³/mol. The zero-order chi connectivity index (χ0) is 22.3. The zero-order valence-electron chi connectivity index (χ0n) is 18.5. The Labute approximate surface area is 188 Å². The van der Waals surface area contributed by atoms with Crippen LogP contribution in [0.2, 0.25) is 0 Å². The van der Waals surface area contributed by atoms with Gasteiger partial charge in [-0.05, 0) is 20.4 Å². The standard InChI is InChI=1S/C22H34N4O4S/c1-13-18-17(14(2)27)21(28)26(18)19(22(29)30)20(13)31-16-11-15(23-12-16)5-4-6-25-9-7-24(3)8-10-25/h4-5,13-18,23,27H,6-12H2,1-3H3,(H,29,30)/b5-4+/t13-,14-,15-,16+,17-,18-/m1/s1. The van der Waals surface area contributed by atoms with Crippen LogP contribution in [0.5, 0.6) is 0 Å². The van der Waals surface area contributed by atoms with Crippen LogP contribution in [0.3, 0.4) is 0 Å². The maximum atomic E-state index is 12.5. The third-order valence-corrected chi connectivity index (χ3v) is 8.57. The van der Waals surface area contributed by atoms with Gasteiger partial charge in [0.2, 0.25) is 5.91 Å². The van der Waals surface area contributed by atoms with Gasteiger partial charge in [-0.15, -0.1) is 11.8 Å². The normalized spacial score (nSPS) is 35.7. The number of hydrogen-bond acceptors (Lipinski definition) is 7. The Hall–Kier alpha value is -1.39. The average Bonchev–Trinajstić information content (AvgIpc) is 3.25. The number of aliphatic carboxylic acids is 1. The minimum absolute atomic E-state index is 0.0692. The number of β-lactam (4-membered cyclic amide) rings is 1. The molecular weight excluding hydrogens is 416 g/mol. The lowest BCUT2D eigenvalue weighted by molar-refractivity contribution is -0.163. The number of hydrogen-bond donors (Lipinski definition) is 3. The van der Waals surface area contributed by atoms with E-state index in [1.165, 1.54) is 4.90 Å². The van der Waals surface area contributed by atoms with E-state index in [9.17, 15) is 19.8 Å². The second-order valence-electron chi connectivity index (χ2n) is 9.29. The minimum atomic E-state index is -1.05. The van der Waals surface area contributed by atoms with Crippen molar-refractivity contribution >= 4 is 23.6 Å². The van der Waals surface area contributed by atoms with E-state index in [-0.39, 0.29) is 28.8 Å². The Kier molecular flexibility index (Phi) is 6.79. The largest absolute Gasteiger partial charge is 0.477 e. The van der Waals surface area contributed by atoms with Gasteiger partial charge in [-0.25, -0.2) is 4.79 Å². The number of aliphatic hydroxyl groups is 1. The molecule has 4 heterocycles. The van der Waals surface area contributed by atoms with Crippen LogP contribution in [0, 0.1) is 11.8 Å². The number of nitrogens with zero attached hydrogens (tertiary/aromatic N) is 3.